The van der Waals surface area contributed by atoms with Gasteiger partial charge in [0.2, 0.25) is 5.91 Å². The molecule has 0 aliphatic carbocycles. The second-order valence-corrected chi connectivity index (χ2v) is 3.83. The van der Waals surface area contributed by atoms with Gasteiger partial charge >= 0.3 is 0 Å². The zero-order chi connectivity index (χ0) is 11.4. The van der Waals surface area contributed by atoms with Crippen LogP contribution in [0.25, 0.3) is 0 Å². The number of benzene rings is 1. The zero-order valence-electron chi connectivity index (χ0n) is 8.21. The van der Waals surface area contributed by atoms with Crippen LogP contribution in [0.3, 0.4) is 0 Å². The Kier molecular flexibility index (Phi) is 3.99. The van der Waals surface area contributed by atoms with Crippen molar-refractivity contribution in [2.45, 2.75) is 6.92 Å². The third-order valence-electron chi connectivity index (χ3n) is 1.80. The van der Waals surface area contributed by atoms with E-state index < -0.39 is 0 Å². The third kappa shape index (κ3) is 2.87. The molecule has 3 N–H and O–H groups in total. The minimum Gasteiger partial charge on any atom is -0.325 e. The van der Waals surface area contributed by atoms with E-state index >= 15 is 0 Å². The molecule has 1 aromatic rings. The molecular weight excluding hydrogens is 260 g/mol. The maximum atomic E-state index is 11.5. The number of ketones is 1. The summed E-state index contributed by atoms with van der Waals surface area (Å²) >= 11 is 3.27. The van der Waals surface area contributed by atoms with Crippen LogP contribution in [0, 0.1) is 0 Å². The summed E-state index contributed by atoms with van der Waals surface area (Å²) in [7, 11) is 0. The van der Waals surface area contributed by atoms with Gasteiger partial charge in [0, 0.05) is 17.0 Å². The van der Waals surface area contributed by atoms with Crippen LogP contribution in [-0.4, -0.2) is 18.2 Å². The number of carbonyl (C=O) groups is 2. The topological polar surface area (TPSA) is 72.2 Å². The Balaban J connectivity index is 3.19. The highest BCUT2D eigenvalue weighted by Gasteiger charge is 2.13. The summed E-state index contributed by atoms with van der Waals surface area (Å²) in [5.41, 5.74) is 6.17. The molecule has 80 valence electrons. The molecule has 0 aromatic heterocycles. The summed E-state index contributed by atoms with van der Waals surface area (Å²) in [5.74, 6) is -0.437. The number of hydrogen-bond acceptors (Lipinski definition) is 3. The van der Waals surface area contributed by atoms with Crippen molar-refractivity contribution in [3.8, 4) is 0 Å². The van der Waals surface area contributed by atoms with Gasteiger partial charge in [0.25, 0.3) is 0 Å². The summed E-state index contributed by atoms with van der Waals surface area (Å²) in [6.07, 6.45) is 0. The van der Waals surface area contributed by atoms with Gasteiger partial charge in [-0.15, -0.1) is 0 Å². The van der Waals surface area contributed by atoms with Crippen molar-refractivity contribution < 1.29 is 9.59 Å². The first-order valence-electron chi connectivity index (χ1n) is 4.35. The van der Waals surface area contributed by atoms with E-state index in [2.05, 4.69) is 21.2 Å². The van der Waals surface area contributed by atoms with Crippen molar-refractivity contribution in [3.05, 3.63) is 28.2 Å². The molecule has 0 heterocycles. The molecule has 0 fully saturated rings. The van der Waals surface area contributed by atoms with Crippen molar-refractivity contribution in [3.63, 3.8) is 0 Å². The first kappa shape index (κ1) is 11.9. The lowest BCUT2D eigenvalue weighted by molar-refractivity contribution is -0.114. The van der Waals surface area contributed by atoms with Gasteiger partial charge in [-0.2, -0.15) is 0 Å². The molecule has 0 bridgehead atoms. The fourth-order valence-electron chi connectivity index (χ4n) is 1.17. The van der Waals surface area contributed by atoms with Crippen LogP contribution in [0.2, 0.25) is 0 Å². The highest BCUT2D eigenvalue weighted by molar-refractivity contribution is 9.10. The Morgan fingerprint density at radius 1 is 1.47 bits per heavy atom. The van der Waals surface area contributed by atoms with Crippen LogP contribution in [0.4, 0.5) is 5.69 Å². The van der Waals surface area contributed by atoms with Gasteiger partial charge in [0.1, 0.15) is 0 Å². The molecule has 0 atom stereocenters. The molecule has 5 heteroatoms. The van der Waals surface area contributed by atoms with Gasteiger partial charge < -0.3 is 11.1 Å². The minimum absolute atomic E-state index is 0.0803. The van der Waals surface area contributed by atoms with Crippen molar-refractivity contribution in [1.82, 2.24) is 0 Å². The summed E-state index contributed by atoms with van der Waals surface area (Å²) in [4.78, 5) is 22.4. The number of rotatable bonds is 3. The van der Waals surface area contributed by atoms with Gasteiger partial charge in [0.15, 0.2) is 5.78 Å². The molecular formula is C10H11BrN2O2. The highest BCUT2D eigenvalue weighted by atomic mass is 79.9. The number of anilines is 1. The van der Waals surface area contributed by atoms with Gasteiger partial charge in [0.05, 0.1) is 12.2 Å². The second-order valence-electron chi connectivity index (χ2n) is 2.97. The Labute approximate surface area is 96.0 Å². The average Bonchev–Trinajstić information content (AvgIpc) is 2.19. The summed E-state index contributed by atoms with van der Waals surface area (Å²) in [6.45, 7) is 1.30. The van der Waals surface area contributed by atoms with Crippen LogP contribution < -0.4 is 11.1 Å². The average molecular weight is 271 g/mol. The Morgan fingerprint density at radius 2 is 2.13 bits per heavy atom. The Bertz CT molecular complexity index is 404. The van der Waals surface area contributed by atoms with Crippen molar-refractivity contribution >= 4 is 33.3 Å². The van der Waals surface area contributed by atoms with Crippen LogP contribution >= 0.6 is 15.9 Å². The lowest BCUT2D eigenvalue weighted by atomic mass is 10.1. The smallest absolute Gasteiger partial charge is 0.221 e. The van der Waals surface area contributed by atoms with E-state index in [-0.39, 0.29) is 18.2 Å². The second kappa shape index (κ2) is 5.04. The molecule has 0 spiro atoms. The van der Waals surface area contributed by atoms with E-state index in [1.165, 1.54) is 6.92 Å². The highest BCUT2D eigenvalue weighted by Crippen LogP contribution is 2.26. The number of para-hydroxylation sites is 1. The molecule has 1 amide bonds. The fourth-order valence-corrected chi connectivity index (χ4v) is 1.63. The summed E-state index contributed by atoms with van der Waals surface area (Å²) < 4.78 is 0.664. The number of nitrogens with two attached hydrogens (primary N) is 1. The first-order chi connectivity index (χ1) is 7.06. The van der Waals surface area contributed by atoms with Gasteiger partial charge in [-0.3, -0.25) is 9.59 Å². The van der Waals surface area contributed by atoms with E-state index in [0.29, 0.717) is 15.7 Å². The molecule has 0 aliphatic heterocycles. The molecule has 0 unspecified atom stereocenters. The number of Topliss-reactive ketones (excluding diaryl/α,β-unsaturated/α-hetero) is 1. The van der Waals surface area contributed by atoms with Crippen molar-refractivity contribution in [2.24, 2.45) is 5.73 Å². The standard InChI is InChI=1S/C10H11BrN2O2/c1-6(14)13-10-7(9(15)5-12)3-2-4-8(10)11/h2-4H,5,12H2,1H3,(H,13,14). The van der Waals surface area contributed by atoms with Crippen LogP contribution in [0.5, 0.6) is 0 Å². The van der Waals surface area contributed by atoms with E-state index in [4.69, 9.17) is 5.73 Å². The lowest BCUT2D eigenvalue weighted by Crippen LogP contribution is -2.17. The lowest BCUT2D eigenvalue weighted by Gasteiger charge is -2.10. The van der Waals surface area contributed by atoms with Gasteiger partial charge in [-0.25, -0.2) is 0 Å². The predicted molar refractivity (Wildman–Crippen MR) is 61.8 cm³/mol. The Hall–Kier alpha value is -1.20. The first-order valence-corrected chi connectivity index (χ1v) is 5.15. The number of amides is 1. The van der Waals surface area contributed by atoms with Crippen molar-refractivity contribution in [2.75, 3.05) is 11.9 Å². The number of hydrogen-bond donors (Lipinski definition) is 2. The molecule has 4 nitrogen and oxygen atoms in total. The van der Waals surface area contributed by atoms with E-state index in [0.717, 1.165) is 0 Å². The molecule has 0 saturated carbocycles. The molecule has 0 radical (unpaired) electrons. The largest absolute Gasteiger partial charge is 0.325 e. The van der Waals surface area contributed by atoms with Crippen LogP contribution in [0.15, 0.2) is 22.7 Å². The molecule has 1 rings (SSSR count). The predicted octanol–water partition coefficient (Wildman–Crippen LogP) is 1.55. The third-order valence-corrected chi connectivity index (χ3v) is 2.46. The number of halogens is 1. The maximum Gasteiger partial charge on any atom is 0.221 e. The fraction of sp³-hybridized carbons (Fsp3) is 0.200. The van der Waals surface area contributed by atoms with E-state index in [1.54, 1.807) is 18.2 Å². The quantitative estimate of drug-likeness (QED) is 0.819. The van der Waals surface area contributed by atoms with E-state index in [9.17, 15) is 9.59 Å². The number of nitrogens with one attached hydrogen (secondary N) is 1. The summed E-state index contributed by atoms with van der Waals surface area (Å²) in [6, 6.07) is 5.10. The molecule has 1 aromatic carbocycles. The van der Waals surface area contributed by atoms with Crippen LogP contribution in [0.1, 0.15) is 17.3 Å². The minimum atomic E-state index is -0.229. The zero-order valence-corrected chi connectivity index (χ0v) is 9.80. The van der Waals surface area contributed by atoms with Gasteiger partial charge in [-0.1, -0.05) is 6.07 Å². The van der Waals surface area contributed by atoms with Crippen LogP contribution in [-0.2, 0) is 4.79 Å². The monoisotopic (exact) mass is 270 g/mol. The molecule has 0 saturated heterocycles. The molecule has 0 aliphatic rings. The molecule has 15 heavy (non-hydrogen) atoms. The maximum absolute atomic E-state index is 11.5. The summed E-state index contributed by atoms with van der Waals surface area (Å²) in [5, 5.41) is 2.59. The SMILES string of the molecule is CC(=O)Nc1c(Br)cccc1C(=O)CN. The van der Waals surface area contributed by atoms with Crippen molar-refractivity contribution in [1.29, 1.82) is 0 Å². The Morgan fingerprint density at radius 3 is 2.67 bits per heavy atom. The normalized spacial score (nSPS) is 9.80. The van der Waals surface area contributed by atoms with E-state index in [1.807, 2.05) is 0 Å². The number of carbonyl (C=O) groups excluding carboxylic acids is 2. The van der Waals surface area contributed by atoms with Gasteiger partial charge in [-0.05, 0) is 28.1 Å².